The van der Waals surface area contributed by atoms with Crippen molar-refractivity contribution in [1.82, 2.24) is 4.90 Å². The van der Waals surface area contributed by atoms with Crippen LogP contribution in [0.2, 0.25) is 0 Å². The number of aryl methyl sites for hydroxylation is 1. The number of fused-ring (bicyclic) bond motifs is 1. The van der Waals surface area contributed by atoms with Gasteiger partial charge in [-0.15, -0.1) is 0 Å². The second-order valence-corrected chi connectivity index (χ2v) is 5.78. The van der Waals surface area contributed by atoms with Crippen LogP contribution in [-0.2, 0) is 24.2 Å². The molecular formula is C19H21NO2. The van der Waals surface area contributed by atoms with Gasteiger partial charge in [0.25, 0.3) is 5.91 Å². The van der Waals surface area contributed by atoms with Gasteiger partial charge in [0.1, 0.15) is 5.75 Å². The first kappa shape index (κ1) is 14.6. The molecule has 1 atom stereocenters. The second kappa shape index (κ2) is 6.22. The van der Waals surface area contributed by atoms with Crippen LogP contribution in [0.15, 0.2) is 48.5 Å². The Hall–Kier alpha value is -2.29. The summed E-state index contributed by atoms with van der Waals surface area (Å²) >= 11 is 0. The van der Waals surface area contributed by atoms with E-state index in [1.165, 1.54) is 5.56 Å². The maximum Gasteiger partial charge on any atom is 0.264 e. The number of hydrogen-bond donors (Lipinski definition) is 0. The minimum Gasteiger partial charge on any atom is -0.480 e. The van der Waals surface area contributed by atoms with Crippen LogP contribution in [0.25, 0.3) is 0 Å². The van der Waals surface area contributed by atoms with E-state index >= 15 is 0 Å². The molecule has 0 bridgehead atoms. The van der Waals surface area contributed by atoms with E-state index < -0.39 is 6.10 Å². The molecule has 114 valence electrons. The molecule has 1 aliphatic heterocycles. The molecule has 1 heterocycles. The molecule has 2 aromatic rings. The Bertz CT molecular complexity index is 638. The Labute approximate surface area is 131 Å². The molecule has 0 radical (unpaired) electrons. The van der Waals surface area contributed by atoms with Crippen molar-refractivity contribution in [2.75, 3.05) is 7.05 Å². The van der Waals surface area contributed by atoms with Gasteiger partial charge in [-0.2, -0.15) is 0 Å². The summed E-state index contributed by atoms with van der Waals surface area (Å²) in [6.45, 7) is 2.75. The van der Waals surface area contributed by atoms with Crippen molar-refractivity contribution in [3.63, 3.8) is 0 Å². The van der Waals surface area contributed by atoms with E-state index in [0.717, 1.165) is 23.3 Å². The lowest BCUT2D eigenvalue weighted by molar-refractivity contribution is -0.137. The predicted octanol–water partition coefficient (Wildman–Crippen LogP) is 3.21. The number of carbonyl (C=O) groups excluding carboxylic acids is 1. The Balaban J connectivity index is 1.63. The molecule has 22 heavy (non-hydrogen) atoms. The van der Waals surface area contributed by atoms with Crippen LogP contribution in [0.3, 0.4) is 0 Å². The maximum absolute atomic E-state index is 12.5. The van der Waals surface area contributed by atoms with E-state index in [2.05, 4.69) is 31.2 Å². The summed E-state index contributed by atoms with van der Waals surface area (Å²) in [5.41, 5.74) is 3.57. The Kier molecular flexibility index (Phi) is 4.14. The SMILES string of the molecule is CCc1ccc(CN(C)C(=O)C2Cc3ccccc3O2)cc1. The molecule has 0 aromatic heterocycles. The molecule has 0 N–H and O–H groups in total. The van der Waals surface area contributed by atoms with Gasteiger partial charge in [0.05, 0.1) is 0 Å². The fourth-order valence-electron chi connectivity index (χ4n) is 2.80. The Morgan fingerprint density at radius 2 is 1.82 bits per heavy atom. The molecule has 0 saturated carbocycles. The normalized spacial score (nSPS) is 16.0. The van der Waals surface area contributed by atoms with Gasteiger partial charge in [0.15, 0.2) is 6.10 Å². The number of amides is 1. The molecule has 0 spiro atoms. The first-order valence-corrected chi connectivity index (χ1v) is 7.74. The summed E-state index contributed by atoms with van der Waals surface area (Å²) in [5, 5.41) is 0. The van der Waals surface area contributed by atoms with Gasteiger partial charge in [-0.1, -0.05) is 49.4 Å². The van der Waals surface area contributed by atoms with Crippen LogP contribution in [0.5, 0.6) is 5.75 Å². The molecule has 3 rings (SSSR count). The number of likely N-dealkylation sites (N-methyl/N-ethyl adjacent to an activating group) is 1. The second-order valence-electron chi connectivity index (χ2n) is 5.78. The van der Waals surface area contributed by atoms with E-state index in [1.54, 1.807) is 4.90 Å². The van der Waals surface area contributed by atoms with Crippen molar-refractivity contribution < 1.29 is 9.53 Å². The minimum atomic E-state index is -0.391. The molecule has 0 fully saturated rings. The summed E-state index contributed by atoms with van der Waals surface area (Å²) in [4.78, 5) is 14.3. The number of nitrogens with zero attached hydrogens (tertiary/aromatic N) is 1. The number of para-hydroxylation sites is 1. The lowest BCUT2D eigenvalue weighted by atomic mass is 10.1. The van der Waals surface area contributed by atoms with Gasteiger partial charge >= 0.3 is 0 Å². The number of hydrogen-bond acceptors (Lipinski definition) is 2. The van der Waals surface area contributed by atoms with Gasteiger partial charge in [-0.3, -0.25) is 4.79 Å². The molecule has 1 amide bonds. The van der Waals surface area contributed by atoms with Crippen LogP contribution >= 0.6 is 0 Å². The Morgan fingerprint density at radius 1 is 1.14 bits per heavy atom. The maximum atomic E-state index is 12.5. The summed E-state index contributed by atoms with van der Waals surface area (Å²) in [6, 6.07) is 16.3. The summed E-state index contributed by atoms with van der Waals surface area (Å²) in [5.74, 6) is 0.873. The third kappa shape index (κ3) is 2.98. The van der Waals surface area contributed by atoms with E-state index in [9.17, 15) is 4.79 Å². The first-order valence-electron chi connectivity index (χ1n) is 7.74. The molecule has 1 unspecified atom stereocenters. The number of carbonyl (C=O) groups is 1. The van der Waals surface area contributed by atoms with Crippen LogP contribution < -0.4 is 4.74 Å². The van der Waals surface area contributed by atoms with E-state index in [1.807, 2.05) is 31.3 Å². The zero-order chi connectivity index (χ0) is 15.5. The Morgan fingerprint density at radius 3 is 2.50 bits per heavy atom. The van der Waals surface area contributed by atoms with Crippen molar-refractivity contribution in [2.24, 2.45) is 0 Å². The molecule has 1 aliphatic rings. The van der Waals surface area contributed by atoms with Crippen molar-refractivity contribution in [2.45, 2.75) is 32.4 Å². The highest BCUT2D eigenvalue weighted by Crippen LogP contribution is 2.29. The van der Waals surface area contributed by atoms with Gasteiger partial charge in [0, 0.05) is 20.0 Å². The molecule has 3 heteroatoms. The van der Waals surface area contributed by atoms with Gasteiger partial charge in [-0.05, 0) is 29.2 Å². The lowest BCUT2D eigenvalue weighted by Gasteiger charge is -2.21. The first-order chi connectivity index (χ1) is 10.7. The average molecular weight is 295 g/mol. The van der Waals surface area contributed by atoms with Gasteiger partial charge < -0.3 is 9.64 Å². The monoisotopic (exact) mass is 295 g/mol. The molecule has 0 saturated heterocycles. The van der Waals surface area contributed by atoms with Crippen molar-refractivity contribution in [3.05, 3.63) is 65.2 Å². The highest BCUT2D eigenvalue weighted by Gasteiger charge is 2.30. The lowest BCUT2D eigenvalue weighted by Crippen LogP contribution is -2.38. The van der Waals surface area contributed by atoms with Gasteiger partial charge in [0.2, 0.25) is 0 Å². The highest BCUT2D eigenvalue weighted by atomic mass is 16.5. The number of benzene rings is 2. The highest BCUT2D eigenvalue weighted by molar-refractivity contribution is 5.82. The quantitative estimate of drug-likeness (QED) is 0.867. The third-order valence-corrected chi connectivity index (χ3v) is 4.15. The zero-order valence-electron chi connectivity index (χ0n) is 13.1. The molecule has 2 aromatic carbocycles. The van der Waals surface area contributed by atoms with Crippen LogP contribution in [0.1, 0.15) is 23.6 Å². The molecular weight excluding hydrogens is 274 g/mol. The molecule has 3 nitrogen and oxygen atoms in total. The average Bonchev–Trinajstić information content (AvgIpc) is 2.98. The number of rotatable bonds is 4. The van der Waals surface area contributed by atoms with E-state index in [4.69, 9.17) is 4.74 Å². The fourth-order valence-corrected chi connectivity index (χ4v) is 2.80. The summed E-state index contributed by atoms with van der Waals surface area (Å²) in [7, 11) is 1.84. The smallest absolute Gasteiger partial charge is 0.264 e. The van der Waals surface area contributed by atoms with Crippen molar-refractivity contribution in [1.29, 1.82) is 0 Å². The number of ether oxygens (including phenoxy) is 1. The van der Waals surface area contributed by atoms with Crippen molar-refractivity contribution >= 4 is 5.91 Å². The van der Waals surface area contributed by atoms with Crippen LogP contribution in [0, 0.1) is 0 Å². The standard InChI is InChI=1S/C19H21NO2/c1-3-14-8-10-15(11-9-14)13-20(2)19(21)18-12-16-6-4-5-7-17(16)22-18/h4-11,18H,3,12-13H2,1-2H3. The largest absolute Gasteiger partial charge is 0.480 e. The summed E-state index contributed by atoms with van der Waals surface area (Å²) in [6.07, 6.45) is 1.30. The van der Waals surface area contributed by atoms with E-state index in [0.29, 0.717) is 13.0 Å². The molecule has 0 aliphatic carbocycles. The minimum absolute atomic E-state index is 0.0377. The third-order valence-electron chi connectivity index (χ3n) is 4.15. The fraction of sp³-hybridized carbons (Fsp3) is 0.316. The zero-order valence-corrected chi connectivity index (χ0v) is 13.1. The topological polar surface area (TPSA) is 29.5 Å². The van der Waals surface area contributed by atoms with Crippen molar-refractivity contribution in [3.8, 4) is 5.75 Å². The van der Waals surface area contributed by atoms with Crippen LogP contribution in [-0.4, -0.2) is 24.0 Å². The summed E-state index contributed by atoms with van der Waals surface area (Å²) < 4.78 is 5.77. The predicted molar refractivity (Wildman–Crippen MR) is 86.9 cm³/mol. The van der Waals surface area contributed by atoms with Gasteiger partial charge in [-0.25, -0.2) is 0 Å². The van der Waals surface area contributed by atoms with E-state index in [-0.39, 0.29) is 5.91 Å². The van der Waals surface area contributed by atoms with Crippen LogP contribution in [0.4, 0.5) is 0 Å².